The highest BCUT2D eigenvalue weighted by molar-refractivity contribution is 6.35. The number of carbonyl (C=O) groups is 1. The highest BCUT2D eigenvalue weighted by Gasteiger charge is 2.35. The number of esters is 1. The maximum Gasteiger partial charge on any atom is 0.339 e. The smallest absolute Gasteiger partial charge is 0.339 e. The number of ether oxygens (including phenoxy) is 2. The van der Waals surface area contributed by atoms with Gasteiger partial charge in [-0.1, -0.05) is 80.4 Å². The van der Waals surface area contributed by atoms with Crippen LogP contribution in [0.4, 0.5) is 0 Å². The molecule has 0 aliphatic heterocycles. The first kappa shape index (κ1) is 27.2. The highest BCUT2D eigenvalue weighted by atomic mass is 35.5. The molecule has 1 atom stereocenters. The van der Waals surface area contributed by atoms with Gasteiger partial charge in [-0.2, -0.15) is 0 Å². The molecule has 1 unspecified atom stereocenters. The second-order valence-electron chi connectivity index (χ2n) is 11.1. The molecule has 200 valence electrons. The van der Waals surface area contributed by atoms with Crippen molar-refractivity contribution in [3.8, 4) is 5.75 Å². The van der Waals surface area contributed by atoms with Gasteiger partial charge in [-0.05, 0) is 77.3 Å². The Kier molecular flexibility index (Phi) is 7.70. The molecule has 0 fully saturated rings. The molecule has 5 rings (SSSR count). The van der Waals surface area contributed by atoms with Crippen molar-refractivity contribution in [1.29, 1.82) is 0 Å². The third kappa shape index (κ3) is 5.83. The molecule has 6 heteroatoms. The van der Waals surface area contributed by atoms with Gasteiger partial charge in [0, 0.05) is 21.0 Å². The summed E-state index contributed by atoms with van der Waals surface area (Å²) in [7, 11) is 1.66. The molecule has 1 aliphatic carbocycles. The van der Waals surface area contributed by atoms with Gasteiger partial charge in [-0.25, -0.2) is 9.78 Å². The number of aromatic nitrogens is 1. The van der Waals surface area contributed by atoms with Crippen molar-refractivity contribution in [2.45, 2.75) is 40.2 Å². The number of pyridine rings is 1. The predicted molar refractivity (Wildman–Crippen MR) is 159 cm³/mol. The molecule has 0 spiro atoms. The third-order valence-electron chi connectivity index (χ3n) is 7.47. The number of carbonyl (C=O) groups excluding carboxylic acids is 1. The summed E-state index contributed by atoms with van der Waals surface area (Å²) in [5, 5.41) is 1.80. The van der Waals surface area contributed by atoms with E-state index < -0.39 is 0 Å². The maximum absolute atomic E-state index is 13.8. The van der Waals surface area contributed by atoms with Gasteiger partial charge < -0.3 is 9.47 Å². The highest BCUT2D eigenvalue weighted by Crippen LogP contribution is 2.45. The Morgan fingerprint density at radius 3 is 2.46 bits per heavy atom. The van der Waals surface area contributed by atoms with E-state index in [0.29, 0.717) is 27.1 Å². The number of allylic oxidation sites excluding steroid dienone is 1. The van der Waals surface area contributed by atoms with Crippen molar-refractivity contribution in [1.82, 2.24) is 4.98 Å². The average Bonchev–Trinajstić information content (AvgIpc) is 2.91. The van der Waals surface area contributed by atoms with E-state index in [-0.39, 0.29) is 18.0 Å². The van der Waals surface area contributed by atoms with Crippen LogP contribution in [0.2, 0.25) is 10.0 Å². The number of hydrogen-bond acceptors (Lipinski definition) is 4. The van der Waals surface area contributed by atoms with Gasteiger partial charge >= 0.3 is 5.97 Å². The number of halogens is 2. The maximum atomic E-state index is 13.8. The van der Waals surface area contributed by atoms with Crippen LogP contribution in [-0.4, -0.2) is 18.1 Å². The summed E-state index contributed by atoms with van der Waals surface area (Å²) >= 11 is 12.4. The predicted octanol–water partition coefficient (Wildman–Crippen LogP) is 9.06. The summed E-state index contributed by atoms with van der Waals surface area (Å²) in [6.07, 6.45) is 3.78. The average molecular weight is 561 g/mol. The first-order valence-electron chi connectivity index (χ1n) is 13.0. The van der Waals surface area contributed by atoms with Gasteiger partial charge in [0.25, 0.3) is 0 Å². The molecule has 0 radical (unpaired) electrons. The van der Waals surface area contributed by atoms with E-state index in [1.54, 1.807) is 25.3 Å². The lowest BCUT2D eigenvalue weighted by Gasteiger charge is -2.36. The molecular weight excluding hydrogens is 529 g/mol. The van der Waals surface area contributed by atoms with E-state index >= 15 is 0 Å². The molecule has 3 aromatic carbocycles. The van der Waals surface area contributed by atoms with Gasteiger partial charge in [0.1, 0.15) is 12.4 Å². The SMILES string of the molecule is COc1ccc(/C=C2/CC(C(C)(C)C)Cc3c2nc2ccccc2c3C(=O)OCc2ccc(Cl)cc2Cl)cc1. The van der Waals surface area contributed by atoms with Crippen molar-refractivity contribution in [3.05, 3.63) is 105 Å². The van der Waals surface area contributed by atoms with Crippen LogP contribution in [0.15, 0.2) is 66.7 Å². The van der Waals surface area contributed by atoms with E-state index in [1.807, 2.05) is 48.5 Å². The standard InChI is InChI=1S/C33H31Cl2NO3/c1-33(2,3)23-16-22(15-20-9-13-25(38-4)14-10-20)31-27(17-23)30(26-7-5-6-8-29(26)36-31)32(37)39-19-21-11-12-24(34)18-28(21)35/h5-15,18,23H,16-17,19H2,1-4H3/b22-15-. The second-order valence-corrected chi connectivity index (χ2v) is 11.9. The van der Waals surface area contributed by atoms with Crippen LogP contribution in [0, 0.1) is 11.3 Å². The minimum atomic E-state index is -0.380. The van der Waals surface area contributed by atoms with Gasteiger partial charge in [0.05, 0.1) is 23.9 Å². The Balaban J connectivity index is 1.63. The summed E-state index contributed by atoms with van der Waals surface area (Å²) in [4.78, 5) is 18.9. The third-order valence-corrected chi connectivity index (χ3v) is 8.06. The minimum Gasteiger partial charge on any atom is -0.497 e. The Morgan fingerprint density at radius 1 is 1.03 bits per heavy atom. The number of methoxy groups -OCH3 is 1. The molecule has 0 amide bonds. The normalized spacial score (nSPS) is 16.3. The molecule has 1 aromatic heterocycles. The van der Waals surface area contributed by atoms with Crippen LogP contribution in [0.3, 0.4) is 0 Å². The Hall–Kier alpha value is -3.34. The van der Waals surface area contributed by atoms with E-state index in [2.05, 4.69) is 26.8 Å². The van der Waals surface area contributed by atoms with Crippen LogP contribution in [0.1, 0.15) is 59.9 Å². The zero-order valence-electron chi connectivity index (χ0n) is 22.6. The van der Waals surface area contributed by atoms with Crippen LogP contribution < -0.4 is 4.74 Å². The van der Waals surface area contributed by atoms with Crippen molar-refractivity contribution in [3.63, 3.8) is 0 Å². The van der Waals surface area contributed by atoms with Crippen molar-refractivity contribution >= 4 is 51.7 Å². The molecular formula is C33H31Cl2NO3. The van der Waals surface area contributed by atoms with E-state index in [9.17, 15) is 4.79 Å². The monoisotopic (exact) mass is 559 g/mol. The molecule has 4 nitrogen and oxygen atoms in total. The Morgan fingerprint density at radius 2 is 1.77 bits per heavy atom. The molecule has 4 aromatic rings. The second kappa shape index (κ2) is 11.0. The summed E-state index contributed by atoms with van der Waals surface area (Å²) in [6, 6.07) is 20.9. The number of hydrogen-bond donors (Lipinski definition) is 0. The van der Waals surface area contributed by atoms with E-state index in [0.717, 1.165) is 51.9 Å². The van der Waals surface area contributed by atoms with Crippen LogP contribution in [-0.2, 0) is 17.8 Å². The lowest BCUT2D eigenvalue weighted by atomic mass is 9.69. The quantitative estimate of drug-likeness (QED) is 0.229. The van der Waals surface area contributed by atoms with Crippen LogP contribution in [0.25, 0.3) is 22.6 Å². The number of nitrogens with zero attached hydrogens (tertiary/aromatic N) is 1. The lowest BCUT2D eigenvalue weighted by molar-refractivity contribution is 0.0473. The fraction of sp³-hybridized carbons (Fsp3) is 0.273. The molecule has 0 bridgehead atoms. The topological polar surface area (TPSA) is 48.4 Å². The van der Waals surface area contributed by atoms with Crippen molar-refractivity contribution in [2.24, 2.45) is 11.3 Å². The van der Waals surface area contributed by atoms with Crippen molar-refractivity contribution in [2.75, 3.05) is 7.11 Å². The molecule has 1 heterocycles. The fourth-order valence-corrected chi connectivity index (χ4v) is 5.59. The lowest BCUT2D eigenvalue weighted by Crippen LogP contribution is -2.28. The first-order valence-corrected chi connectivity index (χ1v) is 13.8. The van der Waals surface area contributed by atoms with Gasteiger partial charge in [0.15, 0.2) is 0 Å². The minimum absolute atomic E-state index is 0.0281. The number of para-hydroxylation sites is 1. The molecule has 0 N–H and O–H groups in total. The number of rotatable bonds is 5. The van der Waals surface area contributed by atoms with Gasteiger partial charge in [0.2, 0.25) is 0 Å². The summed E-state index contributed by atoms with van der Waals surface area (Å²) in [5.74, 6) is 0.743. The van der Waals surface area contributed by atoms with Crippen molar-refractivity contribution < 1.29 is 14.3 Å². The van der Waals surface area contributed by atoms with Gasteiger partial charge in [-0.15, -0.1) is 0 Å². The summed E-state index contributed by atoms with van der Waals surface area (Å²) < 4.78 is 11.2. The van der Waals surface area contributed by atoms with Gasteiger partial charge in [-0.3, -0.25) is 0 Å². The molecule has 0 saturated carbocycles. The zero-order chi connectivity index (χ0) is 27.7. The zero-order valence-corrected chi connectivity index (χ0v) is 24.1. The first-order chi connectivity index (χ1) is 18.6. The molecule has 39 heavy (non-hydrogen) atoms. The Labute approximate surface area is 239 Å². The summed E-state index contributed by atoms with van der Waals surface area (Å²) in [6.45, 7) is 6.81. The Bertz CT molecular complexity index is 1570. The van der Waals surface area contributed by atoms with Crippen LogP contribution >= 0.6 is 23.2 Å². The van der Waals surface area contributed by atoms with Crippen LogP contribution in [0.5, 0.6) is 5.75 Å². The van der Waals surface area contributed by atoms with E-state index in [4.69, 9.17) is 37.7 Å². The fourth-order valence-electron chi connectivity index (χ4n) is 5.12. The van der Waals surface area contributed by atoms with E-state index in [1.165, 1.54) is 0 Å². The molecule has 1 aliphatic rings. The summed E-state index contributed by atoms with van der Waals surface area (Å²) in [5.41, 5.74) is 6.05. The number of fused-ring (bicyclic) bond motifs is 2. The number of benzene rings is 3. The molecule has 0 saturated heterocycles. The largest absolute Gasteiger partial charge is 0.497 e.